The molecule has 1 heterocycles. The second kappa shape index (κ2) is 5.91. The van der Waals surface area contributed by atoms with Crippen molar-refractivity contribution in [2.24, 2.45) is 5.73 Å². The first-order valence-electron chi connectivity index (χ1n) is 5.96. The highest BCUT2D eigenvalue weighted by Gasteiger charge is 2.13. The number of ether oxygens (including phenoxy) is 1. The highest BCUT2D eigenvalue weighted by Crippen LogP contribution is 2.26. The molecule has 0 unspecified atom stereocenters. The standard InChI is InChI=1S/C14H13N3O4/c1-21-11-7-8(4-5-9(11)14(19)20)17-13-10(12(15)18)3-2-6-16-13/h2-7H,1H3,(H2,15,18)(H,16,17)(H,19,20). The van der Waals surface area contributed by atoms with Gasteiger partial charge in [0, 0.05) is 18.0 Å². The summed E-state index contributed by atoms with van der Waals surface area (Å²) in [5.41, 5.74) is 6.07. The minimum absolute atomic E-state index is 0.0409. The molecule has 0 saturated heterocycles. The maximum Gasteiger partial charge on any atom is 0.339 e. The molecule has 0 radical (unpaired) electrons. The van der Waals surface area contributed by atoms with Crippen molar-refractivity contribution in [3.63, 3.8) is 0 Å². The number of nitrogens with two attached hydrogens (primary N) is 1. The predicted molar refractivity (Wildman–Crippen MR) is 76.0 cm³/mol. The zero-order chi connectivity index (χ0) is 15.4. The van der Waals surface area contributed by atoms with E-state index in [0.29, 0.717) is 5.69 Å². The van der Waals surface area contributed by atoms with Gasteiger partial charge in [-0.05, 0) is 24.3 Å². The van der Waals surface area contributed by atoms with E-state index >= 15 is 0 Å². The van der Waals surface area contributed by atoms with E-state index in [4.69, 9.17) is 15.6 Å². The number of carbonyl (C=O) groups is 2. The summed E-state index contributed by atoms with van der Waals surface area (Å²) in [6.45, 7) is 0. The van der Waals surface area contributed by atoms with E-state index in [1.165, 1.54) is 25.4 Å². The number of aromatic carboxylic acids is 1. The summed E-state index contributed by atoms with van der Waals surface area (Å²) in [4.78, 5) is 26.4. The van der Waals surface area contributed by atoms with Crippen molar-refractivity contribution in [3.8, 4) is 5.75 Å². The van der Waals surface area contributed by atoms with Crippen LogP contribution in [0.3, 0.4) is 0 Å². The van der Waals surface area contributed by atoms with E-state index < -0.39 is 11.9 Å². The van der Waals surface area contributed by atoms with E-state index in [1.807, 2.05) is 0 Å². The van der Waals surface area contributed by atoms with Crippen LogP contribution in [0.2, 0.25) is 0 Å². The molecule has 0 spiro atoms. The van der Waals surface area contributed by atoms with E-state index in [1.54, 1.807) is 18.2 Å². The normalized spacial score (nSPS) is 9.95. The summed E-state index contributed by atoms with van der Waals surface area (Å²) in [6, 6.07) is 7.59. The molecule has 4 N–H and O–H groups in total. The van der Waals surface area contributed by atoms with Crippen molar-refractivity contribution >= 4 is 23.4 Å². The van der Waals surface area contributed by atoms with Crippen molar-refractivity contribution in [1.29, 1.82) is 0 Å². The zero-order valence-electron chi connectivity index (χ0n) is 11.2. The van der Waals surface area contributed by atoms with Crippen molar-refractivity contribution in [1.82, 2.24) is 4.98 Å². The molecule has 1 amide bonds. The summed E-state index contributed by atoms with van der Waals surface area (Å²) in [5, 5.41) is 11.9. The lowest BCUT2D eigenvalue weighted by Gasteiger charge is -2.11. The number of carboxylic acids is 1. The lowest BCUT2D eigenvalue weighted by atomic mass is 10.1. The van der Waals surface area contributed by atoms with E-state index in [9.17, 15) is 9.59 Å². The lowest BCUT2D eigenvalue weighted by molar-refractivity contribution is 0.0693. The number of hydrogen-bond acceptors (Lipinski definition) is 5. The molecule has 1 aromatic carbocycles. The van der Waals surface area contributed by atoms with Gasteiger partial charge < -0.3 is 20.9 Å². The maximum absolute atomic E-state index is 11.3. The SMILES string of the molecule is COc1cc(Nc2ncccc2C(N)=O)ccc1C(=O)O. The number of rotatable bonds is 5. The number of nitrogens with zero attached hydrogens (tertiary/aromatic N) is 1. The summed E-state index contributed by atoms with van der Waals surface area (Å²) in [5.74, 6) is -1.21. The fourth-order valence-corrected chi connectivity index (χ4v) is 1.79. The molecule has 0 atom stereocenters. The van der Waals surface area contributed by atoms with Gasteiger partial charge in [-0.25, -0.2) is 9.78 Å². The average molecular weight is 287 g/mol. The molecule has 2 aromatic rings. The topological polar surface area (TPSA) is 115 Å². The van der Waals surface area contributed by atoms with Gasteiger partial charge in [-0.2, -0.15) is 0 Å². The zero-order valence-corrected chi connectivity index (χ0v) is 11.2. The van der Waals surface area contributed by atoms with Crippen LogP contribution in [0, 0.1) is 0 Å². The Morgan fingerprint density at radius 2 is 2.05 bits per heavy atom. The number of primary amides is 1. The van der Waals surface area contributed by atoms with Crippen molar-refractivity contribution in [2.45, 2.75) is 0 Å². The highest BCUT2D eigenvalue weighted by atomic mass is 16.5. The number of pyridine rings is 1. The molecule has 2 rings (SSSR count). The Hall–Kier alpha value is -3.09. The van der Waals surface area contributed by atoms with Crippen LogP contribution in [0.15, 0.2) is 36.5 Å². The second-order valence-electron chi connectivity index (χ2n) is 4.11. The van der Waals surface area contributed by atoms with Crippen LogP contribution in [0.1, 0.15) is 20.7 Å². The van der Waals surface area contributed by atoms with Crippen LogP contribution in [0.4, 0.5) is 11.5 Å². The molecule has 0 aliphatic heterocycles. The number of nitrogens with one attached hydrogen (secondary N) is 1. The van der Waals surface area contributed by atoms with Crippen LogP contribution >= 0.6 is 0 Å². The largest absolute Gasteiger partial charge is 0.496 e. The Labute approximate surface area is 120 Å². The predicted octanol–water partition coefficient (Wildman–Crippen LogP) is 1.63. The smallest absolute Gasteiger partial charge is 0.339 e. The number of hydrogen-bond donors (Lipinski definition) is 3. The number of anilines is 2. The fraction of sp³-hybridized carbons (Fsp3) is 0.0714. The van der Waals surface area contributed by atoms with Gasteiger partial charge in [0.25, 0.3) is 5.91 Å². The molecular weight excluding hydrogens is 274 g/mol. The third kappa shape index (κ3) is 3.08. The van der Waals surface area contributed by atoms with Crippen molar-refractivity contribution in [2.75, 3.05) is 12.4 Å². The van der Waals surface area contributed by atoms with E-state index in [2.05, 4.69) is 10.3 Å². The molecule has 0 fully saturated rings. The first kappa shape index (κ1) is 14.3. The Kier molecular flexibility index (Phi) is 4.03. The van der Waals surface area contributed by atoms with Gasteiger partial charge in [0.05, 0.1) is 12.7 Å². The van der Waals surface area contributed by atoms with Crippen LogP contribution < -0.4 is 15.8 Å². The van der Waals surface area contributed by atoms with Crippen molar-refractivity contribution < 1.29 is 19.4 Å². The van der Waals surface area contributed by atoms with Gasteiger partial charge in [0.2, 0.25) is 0 Å². The molecule has 108 valence electrons. The summed E-state index contributed by atoms with van der Waals surface area (Å²) in [7, 11) is 1.38. The number of benzene rings is 1. The summed E-state index contributed by atoms with van der Waals surface area (Å²) < 4.78 is 5.03. The van der Waals surface area contributed by atoms with Gasteiger partial charge in [-0.3, -0.25) is 4.79 Å². The fourth-order valence-electron chi connectivity index (χ4n) is 1.79. The Morgan fingerprint density at radius 1 is 1.29 bits per heavy atom. The third-order valence-electron chi connectivity index (χ3n) is 2.77. The van der Waals surface area contributed by atoms with Crippen LogP contribution in [0.25, 0.3) is 0 Å². The molecular formula is C14H13N3O4. The summed E-state index contributed by atoms with van der Waals surface area (Å²) in [6.07, 6.45) is 1.51. The van der Waals surface area contributed by atoms with Gasteiger partial charge >= 0.3 is 5.97 Å². The Balaban J connectivity index is 2.37. The molecule has 1 aromatic heterocycles. The third-order valence-corrected chi connectivity index (χ3v) is 2.77. The monoisotopic (exact) mass is 287 g/mol. The minimum Gasteiger partial charge on any atom is -0.496 e. The van der Waals surface area contributed by atoms with E-state index in [-0.39, 0.29) is 22.7 Å². The molecule has 7 nitrogen and oxygen atoms in total. The molecule has 0 aliphatic rings. The molecule has 7 heteroatoms. The quantitative estimate of drug-likeness (QED) is 0.770. The molecule has 0 aliphatic carbocycles. The number of aromatic nitrogens is 1. The number of methoxy groups -OCH3 is 1. The Bertz CT molecular complexity index is 700. The van der Waals surface area contributed by atoms with Gasteiger partial charge in [0.1, 0.15) is 17.1 Å². The minimum atomic E-state index is -1.09. The average Bonchev–Trinajstić information content (AvgIpc) is 2.47. The molecule has 0 saturated carbocycles. The highest BCUT2D eigenvalue weighted by molar-refractivity contribution is 5.98. The maximum atomic E-state index is 11.3. The van der Waals surface area contributed by atoms with Crippen LogP contribution in [-0.4, -0.2) is 29.1 Å². The first-order valence-corrected chi connectivity index (χ1v) is 5.96. The van der Waals surface area contributed by atoms with Gasteiger partial charge in [0.15, 0.2) is 0 Å². The van der Waals surface area contributed by atoms with Gasteiger partial charge in [-0.15, -0.1) is 0 Å². The van der Waals surface area contributed by atoms with Crippen molar-refractivity contribution in [3.05, 3.63) is 47.7 Å². The van der Waals surface area contributed by atoms with E-state index in [0.717, 1.165) is 0 Å². The number of carboxylic acid groups (broad SMARTS) is 1. The first-order chi connectivity index (χ1) is 10.0. The Morgan fingerprint density at radius 3 is 2.67 bits per heavy atom. The molecule has 0 bridgehead atoms. The number of amides is 1. The lowest BCUT2D eigenvalue weighted by Crippen LogP contribution is -2.14. The van der Waals surface area contributed by atoms with Crippen LogP contribution in [-0.2, 0) is 0 Å². The summed E-state index contributed by atoms with van der Waals surface area (Å²) >= 11 is 0. The van der Waals surface area contributed by atoms with Gasteiger partial charge in [-0.1, -0.05) is 0 Å². The van der Waals surface area contributed by atoms with Crippen LogP contribution in [0.5, 0.6) is 5.75 Å². The second-order valence-corrected chi connectivity index (χ2v) is 4.11. The number of carbonyl (C=O) groups excluding carboxylic acids is 1. The molecule has 21 heavy (non-hydrogen) atoms.